The lowest BCUT2D eigenvalue weighted by molar-refractivity contribution is -0.133. The molecule has 1 atom stereocenters. The molecule has 4 nitrogen and oxygen atoms in total. The second-order valence-electron chi connectivity index (χ2n) is 5.77. The minimum Gasteiger partial charge on any atom is -0.378 e. The standard InChI is InChI=1S/C16H21FN2O2/c17-15-4-2-1-3-12(15)10-19(14-5-6-14)16(20)9-13-11-21-8-7-18-13/h1-4,13-14,18H,5-11H2. The Morgan fingerprint density at radius 2 is 2.19 bits per heavy atom. The number of carbonyl (C=O) groups is 1. The maximum atomic E-state index is 13.8. The first kappa shape index (κ1) is 14.5. The van der Waals surface area contributed by atoms with E-state index in [1.54, 1.807) is 12.1 Å². The SMILES string of the molecule is O=C(CC1COCCN1)N(Cc1ccccc1F)C1CC1. The van der Waals surface area contributed by atoms with E-state index < -0.39 is 0 Å². The van der Waals surface area contributed by atoms with Crippen molar-refractivity contribution in [3.05, 3.63) is 35.6 Å². The highest BCUT2D eigenvalue weighted by Gasteiger charge is 2.34. The lowest BCUT2D eigenvalue weighted by atomic mass is 10.1. The fourth-order valence-corrected chi connectivity index (χ4v) is 2.70. The van der Waals surface area contributed by atoms with Crippen molar-refractivity contribution in [1.29, 1.82) is 0 Å². The van der Waals surface area contributed by atoms with E-state index in [-0.39, 0.29) is 23.8 Å². The molecule has 1 unspecified atom stereocenters. The summed E-state index contributed by atoms with van der Waals surface area (Å²) in [5.41, 5.74) is 0.589. The van der Waals surface area contributed by atoms with Gasteiger partial charge in [0.2, 0.25) is 5.91 Å². The molecular weight excluding hydrogens is 271 g/mol. The van der Waals surface area contributed by atoms with Crippen LogP contribution in [0, 0.1) is 5.82 Å². The molecule has 1 amide bonds. The van der Waals surface area contributed by atoms with Crippen LogP contribution in [0.4, 0.5) is 4.39 Å². The highest BCUT2D eigenvalue weighted by atomic mass is 19.1. The molecule has 0 aromatic heterocycles. The van der Waals surface area contributed by atoms with Gasteiger partial charge in [-0.15, -0.1) is 0 Å². The van der Waals surface area contributed by atoms with Crippen LogP contribution in [-0.2, 0) is 16.1 Å². The third-order valence-electron chi connectivity index (χ3n) is 4.03. The number of rotatable bonds is 5. The minimum atomic E-state index is -0.241. The van der Waals surface area contributed by atoms with Crippen LogP contribution in [0.5, 0.6) is 0 Å². The average molecular weight is 292 g/mol. The first-order valence-electron chi connectivity index (χ1n) is 7.58. The number of carbonyl (C=O) groups excluding carboxylic acids is 1. The summed E-state index contributed by atoms with van der Waals surface area (Å²) in [6.45, 7) is 2.43. The monoisotopic (exact) mass is 292 g/mol. The van der Waals surface area contributed by atoms with Gasteiger partial charge in [-0.2, -0.15) is 0 Å². The molecule has 0 radical (unpaired) electrons. The number of nitrogens with zero attached hydrogens (tertiary/aromatic N) is 1. The van der Waals surface area contributed by atoms with Crippen molar-refractivity contribution >= 4 is 5.91 Å². The van der Waals surface area contributed by atoms with E-state index in [0.717, 1.165) is 19.4 Å². The average Bonchev–Trinajstić information content (AvgIpc) is 3.32. The minimum absolute atomic E-state index is 0.0770. The Labute approximate surface area is 124 Å². The van der Waals surface area contributed by atoms with Crippen molar-refractivity contribution in [2.45, 2.75) is 37.9 Å². The van der Waals surface area contributed by atoms with Gasteiger partial charge in [0.05, 0.1) is 13.2 Å². The molecule has 1 heterocycles. The van der Waals surface area contributed by atoms with E-state index in [9.17, 15) is 9.18 Å². The van der Waals surface area contributed by atoms with Crippen molar-refractivity contribution < 1.29 is 13.9 Å². The Hall–Kier alpha value is -1.46. The molecule has 1 N–H and O–H groups in total. The van der Waals surface area contributed by atoms with Crippen molar-refractivity contribution in [3.63, 3.8) is 0 Å². The number of hydrogen-bond donors (Lipinski definition) is 1. The van der Waals surface area contributed by atoms with Crippen LogP contribution in [-0.4, -0.2) is 42.6 Å². The number of benzene rings is 1. The molecule has 1 aliphatic carbocycles. The van der Waals surface area contributed by atoms with Crippen LogP contribution in [0.2, 0.25) is 0 Å². The summed E-state index contributed by atoms with van der Waals surface area (Å²) in [6, 6.07) is 7.03. The Kier molecular flexibility index (Phi) is 4.51. The number of ether oxygens (including phenoxy) is 1. The van der Waals surface area contributed by atoms with Gasteiger partial charge in [0.15, 0.2) is 0 Å². The van der Waals surface area contributed by atoms with Gasteiger partial charge >= 0.3 is 0 Å². The largest absolute Gasteiger partial charge is 0.378 e. The first-order chi connectivity index (χ1) is 10.2. The molecule has 1 aromatic rings. The van der Waals surface area contributed by atoms with E-state index in [1.165, 1.54) is 6.07 Å². The fourth-order valence-electron chi connectivity index (χ4n) is 2.70. The predicted octanol–water partition coefficient (Wildman–Crippen LogP) is 1.70. The molecule has 3 rings (SSSR count). The molecule has 5 heteroatoms. The molecule has 21 heavy (non-hydrogen) atoms. The molecule has 1 aromatic carbocycles. The molecule has 0 bridgehead atoms. The van der Waals surface area contributed by atoms with Gasteiger partial charge in [-0.05, 0) is 18.9 Å². The maximum absolute atomic E-state index is 13.8. The van der Waals surface area contributed by atoms with Gasteiger partial charge in [0.25, 0.3) is 0 Å². The van der Waals surface area contributed by atoms with Crippen molar-refractivity contribution in [1.82, 2.24) is 10.2 Å². The van der Waals surface area contributed by atoms with Crippen LogP contribution >= 0.6 is 0 Å². The summed E-state index contributed by atoms with van der Waals surface area (Å²) in [5, 5.41) is 3.29. The quantitative estimate of drug-likeness (QED) is 0.898. The van der Waals surface area contributed by atoms with Gasteiger partial charge in [-0.1, -0.05) is 18.2 Å². The van der Waals surface area contributed by atoms with Gasteiger partial charge in [-0.3, -0.25) is 4.79 Å². The number of amides is 1. The molecule has 0 spiro atoms. The first-order valence-corrected chi connectivity index (χ1v) is 7.58. The highest BCUT2D eigenvalue weighted by molar-refractivity contribution is 5.77. The zero-order valence-electron chi connectivity index (χ0n) is 12.1. The number of hydrogen-bond acceptors (Lipinski definition) is 3. The molecule has 114 valence electrons. The van der Waals surface area contributed by atoms with Crippen LogP contribution in [0.3, 0.4) is 0 Å². The van der Waals surface area contributed by atoms with Crippen LogP contribution in [0.15, 0.2) is 24.3 Å². The second kappa shape index (κ2) is 6.54. The van der Waals surface area contributed by atoms with Crippen molar-refractivity contribution in [3.8, 4) is 0 Å². The molecular formula is C16H21FN2O2. The Morgan fingerprint density at radius 3 is 2.86 bits per heavy atom. The maximum Gasteiger partial charge on any atom is 0.224 e. The summed E-state index contributed by atoms with van der Waals surface area (Å²) in [7, 11) is 0. The number of halogens is 1. The van der Waals surface area contributed by atoms with Crippen molar-refractivity contribution in [2.75, 3.05) is 19.8 Å². The topological polar surface area (TPSA) is 41.6 Å². The molecule has 2 fully saturated rings. The Bertz CT molecular complexity index is 499. The van der Waals surface area contributed by atoms with Gasteiger partial charge in [-0.25, -0.2) is 4.39 Å². The zero-order valence-corrected chi connectivity index (χ0v) is 12.1. The summed E-state index contributed by atoms with van der Waals surface area (Å²) in [5.74, 6) is -0.154. The van der Waals surface area contributed by atoms with Crippen LogP contribution in [0.25, 0.3) is 0 Å². The molecule has 1 aliphatic heterocycles. The Balaban J connectivity index is 1.63. The van der Waals surface area contributed by atoms with Gasteiger partial charge < -0.3 is 15.0 Å². The van der Waals surface area contributed by atoms with E-state index in [0.29, 0.717) is 31.7 Å². The van der Waals surface area contributed by atoms with E-state index in [2.05, 4.69) is 5.32 Å². The van der Waals surface area contributed by atoms with Gasteiger partial charge in [0, 0.05) is 37.2 Å². The molecule has 1 saturated heterocycles. The smallest absolute Gasteiger partial charge is 0.224 e. The molecule has 2 aliphatic rings. The van der Waals surface area contributed by atoms with Crippen molar-refractivity contribution in [2.24, 2.45) is 0 Å². The second-order valence-corrected chi connectivity index (χ2v) is 5.77. The highest BCUT2D eigenvalue weighted by Crippen LogP contribution is 2.29. The summed E-state index contributed by atoms with van der Waals surface area (Å²) in [6.07, 6.45) is 2.47. The normalized spacial score (nSPS) is 22.0. The van der Waals surface area contributed by atoms with E-state index in [4.69, 9.17) is 4.74 Å². The third-order valence-corrected chi connectivity index (χ3v) is 4.03. The zero-order chi connectivity index (χ0) is 14.7. The van der Waals surface area contributed by atoms with Crippen LogP contribution < -0.4 is 5.32 Å². The summed E-state index contributed by atoms with van der Waals surface area (Å²) < 4.78 is 19.2. The fraction of sp³-hybridized carbons (Fsp3) is 0.562. The predicted molar refractivity (Wildman–Crippen MR) is 77.2 cm³/mol. The third kappa shape index (κ3) is 3.80. The lowest BCUT2D eigenvalue weighted by Crippen LogP contribution is -2.45. The summed E-state index contributed by atoms with van der Waals surface area (Å²) in [4.78, 5) is 14.3. The number of morpholine rings is 1. The Morgan fingerprint density at radius 1 is 1.38 bits per heavy atom. The summed E-state index contributed by atoms with van der Waals surface area (Å²) >= 11 is 0. The number of nitrogens with one attached hydrogen (secondary N) is 1. The van der Waals surface area contributed by atoms with E-state index in [1.807, 2.05) is 11.0 Å². The van der Waals surface area contributed by atoms with E-state index >= 15 is 0 Å². The van der Waals surface area contributed by atoms with Crippen LogP contribution in [0.1, 0.15) is 24.8 Å². The lowest BCUT2D eigenvalue weighted by Gasteiger charge is -2.28. The van der Waals surface area contributed by atoms with Gasteiger partial charge in [0.1, 0.15) is 5.82 Å². The molecule has 1 saturated carbocycles.